The highest BCUT2D eigenvalue weighted by Crippen LogP contribution is 2.18. The lowest BCUT2D eigenvalue weighted by atomic mass is 10.3. The molecule has 0 aromatic carbocycles. The minimum Gasteiger partial charge on any atom is -0.461 e. The second-order valence-corrected chi connectivity index (χ2v) is 4.26. The molecule has 2 aromatic heterocycles. The molecule has 0 amide bonds. The average molecular weight is 290 g/mol. The number of hydrogen-bond acceptors (Lipinski definition) is 7. The number of ether oxygens (including phenoxy) is 1. The van der Waals surface area contributed by atoms with Crippen LogP contribution >= 0.6 is 0 Å². The fourth-order valence-electron chi connectivity index (χ4n) is 1.74. The van der Waals surface area contributed by atoms with Gasteiger partial charge in [0, 0.05) is 12.7 Å². The van der Waals surface area contributed by atoms with E-state index in [2.05, 4.69) is 20.4 Å². The number of carbonyl (C=O) groups is 1. The third kappa shape index (κ3) is 3.99. The molecule has 3 N–H and O–H groups in total. The summed E-state index contributed by atoms with van der Waals surface area (Å²) < 4.78 is 6.74. The summed E-state index contributed by atoms with van der Waals surface area (Å²) in [6, 6.07) is 0. The van der Waals surface area contributed by atoms with Crippen LogP contribution in [0.25, 0.3) is 0 Å². The van der Waals surface area contributed by atoms with Crippen molar-refractivity contribution in [1.29, 1.82) is 0 Å². The van der Waals surface area contributed by atoms with E-state index < -0.39 is 5.97 Å². The van der Waals surface area contributed by atoms with Gasteiger partial charge in [-0.2, -0.15) is 5.10 Å². The minimum absolute atomic E-state index is 0.196. The first-order valence-corrected chi connectivity index (χ1v) is 6.71. The van der Waals surface area contributed by atoms with Crippen molar-refractivity contribution < 1.29 is 9.53 Å². The van der Waals surface area contributed by atoms with Crippen molar-refractivity contribution >= 4 is 17.3 Å². The van der Waals surface area contributed by atoms with E-state index in [4.69, 9.17) is 10.5 Å². The molecule has 2 heterocycles. The molecular formula is C13H18N6O2. The predicted molar refractivity (Wildman–Crippen MR) is 77.2 cm³/mol. The summed E-state index contributed by atoms with van der Waals surface area (Å²) in [5.41, 5.74) is 6.88. The summed E-state index contributed by atoms with van der Waals surface area (Å²) in [4.78, 5) is 19.7. The number of rotatable bonds is 7. The number of hydrogen-bond donors (Lipinski definition) is 2. The van der Waals surface area contributed by atoms with E-state index in [-0.39, 0.29) is 5.69 Å². The minimum atomic E-state index is -0.488. The summed E-state index contributed by atoms with van der Waals surface area (Å²) in [6.45, 7) is 3.39. The summed E-state index contributed by atoms with van der Waals surface area (Å²) in [5, 5.41) is 7.27. The molecular weight excluding hydrogens is 272 g/mol. The van der Waals surface area contributed by atoms with E-state index in [0.29, 0.717) is 18.8 Å². The van der Waals surface area contributed by atoms with Crippen LogP contribution in [0.15, 0.2) is 24.9 Å². The van der Waals surface area contributed by atoms with Crippen molar-refractivity contribution in [2.75, 3.05) is 18.5 Å². The number of nitrogens with zero attached hydrogens (tertiary/aromatic N) is 4. The molecule has 0 saturated carbocycles. The second kappa shape index (κ2) is 7.34. The number of anilines is 2. The quantitative estimate of drug-likeness (QED) is 0.730. The third-order valence-electron chi connectivity index (χ3n) is 2.68. The molecule has 21 heavy (non-hydrogen) atoms. The molecule has 112 valence electrons. The number of nitrogens with one attached hydrogen (secondary N) is 1. The number of nitrogens with two attached hydrogens (primary N) is 1. The molecule has 2 aromatic rings. The summed E-state index contributed by atoms with van der Waals surface area (Å²) in [5.74, 6) is -0.488. The van der Waals surface area contributed by atoms with Crippen molar-refractivity contribution in [1.82, 2.24) is 19.7 Å². The first kappa shape index (κ1) is 14.9. The fourth-order valence-corrected chi connectivity index (χ4v) is 1.74. The van der Waals surface area contributed by atoms with Gasteiger partial charge < -0.3 is 15.8 Å². The SMILES string of the molecule is CCOC(=O)c1ncncc1Nc1cnn(CCCN)c1. The van der Waals surface area contributed by atoms with Gasteiger partial charge >= 0.3 is 5.97 Å². The highest BCUT2D eigenvalue weighted by Gasteiger charge is 2.14. The lowest BCUT2D eigenvalue weighted by Crippen LogP contribution is -2.10. The van der Waals surface area contributed by atoms with E-state index in [1.807, 2.05) is 6.20 Å². The molecule has 0 spiro atoms. The first-order valence-electron chi connectivity index (χ1n) is 6.71. The van der Waals surface area contributed by atoms with Gasteiger partial charge in [0.25, 0.3) is 0 Å². The Morgan fingerprint density at radius 2 is 2.33 bits per heavy atom. The molecule has 0 bridgehead atoms. The van der Waals surface area contributed by atoms with Crippen LogP contribution in [0.4, 0.5) is 11.4 Å². The summed E-state index contributed by atoms with van der Waals surface area (Å²) in [6.07, 6.45) is 7.18. The topological polar surface area (TPSA) is 108 Å². The van der Waals surface area contributed by atoms with E-state index in [1.165, 1.54) is 12.5 Å². The van der Waals surface area contributed by atoms with Gasteiger partial charge in [0.05, 0.1) is 30.4 Å². The zero-order chi connectivity index (χ0) is 15.1. The van der Waals surface area contributed by atoms with Crippen LogP contribution in [0.2, 0.25) is 0 Å². The number of carbonyl (C=O) groups excluding carboxylic acids is 1. The number of esters is 1. The largest absolute Gasteiger partial charge is 0.461 e. The molecule has 0 fully saturated rings. The summed E-state index contributed by atoms with van der Waals surface area (Å²) >= 11 is 0. The van der Waals surface area contributed by atoms with Crippen molar-refractivity contribution in [3.05, 3.63) is 30.6 Å². The Kier molecular flexibility index (Phi) is 5.22. The van der Waals surface area contributed by atoms with Crippen molar-refractivity contribution in [3.63, 3.8) is 0 Å². The fraction of sp³-hybridized carbons (Fsp3) is 0.385. The van der Waals surface area contributed by atoms with Crippen LogP contribution in [0.1, 0.15) is 23.8 Å². The van der Waals surface area contributed by atoms with Gasteiger partial charge in [-0.15, -0.1) is 0 Å². The molecule has 0 atom stereocenters. The number of aryl methyl sites for hydroxylation is 1. The van der Waals surface area contributed by atoms with Crippen LogP contribution in [-0.4, -0.2) is 38.9 Å². The average Bonchev–Trinajstić information content (AvgIpc) is 2.93. The van der Waals surface area contributed by atoms with Crippen LogP contribution in [-0.2, 0) is 11.3 Å². The molecule has 0 aliphatic carbocycles. The second-order valence-electron chi connectivity index (χ2n) is 4.26. The molecule has 0 unspecified atom stereocenters. The van der Waals surface area contributed by atoms with E-state index in [9.17, 15) is 4.79 Å². The maximum atomic E-state index is 11.8. The van der Waals surface area contributed by atoms with Gasteiger partial charge in [0.1, 0.15) is 6.33 Å². The number of aromatic nitrogens is 4. The Hall–Kier alpha value is -2.48. The molecule has 2 rings (SSSR count). The summed E-state index contributed by atoms with van der Waals surface area (Å²) in [7, 11) is 0. The lowest BCUT2D eigenvalue weighted by Gasteiger charge is -2.07. The van der Waals surface area contributed by atoms with Crippen molar-refractivity contribution in [2.45, 2.75) is 19.9 Å². The third-order valence-corrected chi connectivity index (χ3v) is 2.68. The van der Waals surface area contributed by atoms with Crippen molar-refractivity contribution in [3.8, 4) is 0 Å². The van der Waals surface area contributed by atoms with Gasteiger partial charge in [-0.1, -0.05) is 0 Å². The lowest BCUT2D eigenvalue weighted by molar-refractivity contribution is 0.0520. The first-order chi connectivity index (χ1) is 10.2. The Balaban J connectivity index is 2.12. The standard InChI is InChI=1S/C13H18N6O2/c1-2-21-13(20)12-11(7-15-9-16-12)18-10-6-17-19(8-10)5-3-4-14/h6-9,18H,2-5,14H2,1H3. The van der Waals surface area contributed by atoms with Crippen LogP contribution < -0.4 is 11.1 Å². The Labute approximate surface area is 122 Å². The van der Waals surface area contributed by atoms with Crippen LogP contribution in [0, 0.1) is 0 Å². The van der Waals surface area contributed by atoms with Gasteiger partial charge in [-0.25, -0.2) is 14.8 Å². The predicted octanol–water partition coefficient (Wildman–Crippen LogP) is 0.942. The van der Waals surface area contributed by atoms with E-state index >= 15 is 0 Å². The van der Waals surface area contributed by atoms with Gasteiger partial charge in [0.2, 0.25) is 0 Å². The smallest absolute Gasteiger partial charge is 0.359 e. The van der Waals surface area contributed by atoms with E-state index in [0.717, 1.165) is 18.7 Å². The molecule has 0 saturated heterocycles. The van der Waals surface area contributed by atoms with Gasteiger partial charge in [-0.05, 0) is 19.9 Å². The molecule has 0 aliphatic rings. The zero-order valence-electron chi connectivity index (χ0n) is 11.8. The molecule has 0 aliphatic heterocycles. The van der Waals surface area contributed by atoms with Gasteiger partial charge in [0.15, 0.2) is 5.69 Å². The molecule has 0 radical (unpaired) electrons. The van der Waals surface area contributed by atoms with Crippen molar-refractivity contribution in [2.24, 2.45) is 5.73 Å². The highest BCUT2D eigenvalue weighted by atomic mass is 16.5. The molecule has 8 nitrogen and oxygen atoms in total. The molecule has 8 heteroatoms. The monoisotopic (exact) mass is 290 g/mol. The van der Waals surface area contributed by atoms with Crippen LogP contribution in [0.5, 0.6) is 0 Å². The Morgan fingerprint density at radius 3 is 3.10 bits per heavy atom. The van der Waals surface area contributed by atoms with Crippen LogP contribution in [0.3, 0.4) is 0 Å². The van der Waals surface area contributed by atoms with Gasteiger partial charge in [-0.3, -0.25) is 4.68 Å². The maximum Gasteiger partial charge on any atom is 0.359 e. The Morgan fingerprint density at radius 1 is 1.48 bits per heavy atom. The zero-order valence-corrected chi connectivity index (χ0v) is 11.8. The maximum absolute atomic E-state index is 11.8. The Bertz CT molecular complexity index is 598. The normalized spacial score (nSPS) is 10.4. The van der Waals surface area contributed by atoms with E-state index in [1.54, 1.807) is 17.8 Å². The highest BCUT2D eigenvalue weighted by molar-refractivity contribution is 5.94.